The van der Waals surface area contributed by atoms with E-state index in [1.165, 1.54) is 0 Å². The summed E-state index contributed by atoms with van der Waals surface area (Å²) in [6.45, 7) is 1.16. The fourth-order valence-electron chi connectivity index (χ4n) is 1.01. The number of nitrogens with two attached hydrogens (primary N) is 1. The molecule has 14 heavy (non-hydrogen) atoms. The van der Waals surface area contributed by atoms with E-state index in [0.29, 0.717) is 0 Å². The quantitative estimate of drug-likeness (QED) is 0.338. The molecule has 0 unspecified atom stereocenters. The van der Waals surface area contributed by atoms with Crippen LogP contribution in [0.25, 0.3) is 0 Å². The van der Waals surface area contributed by atoms with Crippen molar-refractivity contribution < 1.29 is 14.1 Å². The number of ketones is 1. The number of Topliss-reactive ketones (excluding diaryl/α,β-unsaturated/α-hetero) is 1. The number of rotatable bonds is 2. The summed E-state index contributed by atoms with van der Waals surface area (Å²) in [7, 11) is 0. The van der Waals surface area contributed by atoms with E-state index in [-0.39, 0.29) is 5.56 Å². The molecule has 0 atom stereocenters. The fourth-order valence-corrected chi connectivity index (χ4v) is 1.01. The summed E-state index contributed by atoms with van der Waals surface area (Å²) in [5.74, 6) is -1.56. The summed E-state index contributed by atoms with van der Waals surface area (Å²) >= 11 is 0. The lowest BCUT2D eigenvalue weighted by Crippen LogP contribution is -2.04. The SMILES string of the molecule is CC(=O)c1ccc([N+](=O)[O-])c(N)c1F. The number of hydrogen-bond acceptors (Lipinski definition) is 4. The number of carbonyl (C=O) groups excluding carboxylic acids is 1. The van der Waals surface area contributed by atoms with Crippen molar-refractivity contribution in [3.8, 4) is 0 Å². The van der Waals surface area contributed by atoms with Crippen LogP contribution in [0.2, 0.25) is 0 Å². The molecule has 74 valence electrons. The van der Waals surface area contributed by atoms with E-state index >= 15 is 0 Å². The van der Waals surface area contributed by atoms with Gasteiger partial charge in [0.25, 0.3) is 5.69 Å². The van der Waals surface area contributed by atoms with Crippen molar-refractivity contribution in [2.24, 2.45) is 0 Å². The molecule has 0 bridgehead atoms. The highest BCUT2D eigenvalue weighted by Crippen LogP contribution is 2.26. The molecule has 0 fully saturated rings. The molecule has 0 aliphatic heterocycles. The van der Waals surface area contributed by atoms with E-state index in [1.54, 1.807) is 0 Å². The fraction of sp³-hybridized carbons (Fsp3) is 0.125. The molecule has 0 saturated carbocycles. The van der Waals surface area contributed by atoms with Gasteiger partial charge >= 0.3 is 0 Å². The van der Waals surface area contributed by atoms with Crippen LogP contribution in [0.1, 0.15) is 17.3 Å². The van der Waals surface area contributed by atoms with E-state index in [0.717, 1.165) is 19.1 Å². The molecule has 0 saturated heterocycles. The highest BCUT2D eigenvalue weighted by molar-refractivity contribution is 5.96. The second kappa shape index (κ2) is 3.41. The number of halogens is 1. The van der Waals surface area contributed by atoms with Gasteiger partial charge in [0, 0.05) is 6.07 Å². The van der Waals surface area contributed by atoms with Gasteiger partial charge in [-0.3, -0.25) is 14.9 Å². The smallest absolute Gasteiger partial charge is 0.295 e. The van der Waals surface area contributed by atoms with Crippen LogP contribution in [0.5, 0.6) is 0 Å². The van der Waals surface area contributed by atoms with Crippen molar-refractivity contribution in [3.63, 3.8) is 0 Å². The van der Waals surface area contributed by atoms with E-state index in [9.17, 15) is 19.3 Å². The first-order valence-electron chi connectivity index (χ1n) is 3.68. The highest BCUT2D eigenvalue weighted by atomic mass is 19.1. The van der Waals surface area contributed by atoms with E-state index in [4.69, 9.17) is 5.73 Å². The molecule has 0 radical (unpaired) electrons. The predicted octanol–water partition coefficient (Wildman–Crippen LogP) is 1.52. The third-order valence-corrected chi connectivity index (χ3v) is 1.73. The number of benzene rings is 1. The average Bonchev–Trinajstić information content (AvgIpc) is 2.08. The molecule has 0 aliphatic carbocycles. The van der Waals surface area contributed by atoms with Crippen molar-refractivity contribution in [2.45, 2.75) is 6.92 Å². The molecule has 1 aromatic carbocycles. The van der Waals surface area contributed by atoms with Crippen LogP contribution in [-0.4, -0.2) is 10.7 Å². The number of nitro benzene ring substituents is 1. The van der Waals surface area contributed by atoms with Gasteiger partial charge in [-0.1, -0.05) is 0 Å². The molecule has 6 heteroatoms. The van der Waals surface area contributed by atoms with Crippen molar-refractivity contribution in [1.82, 2.24) is 0 Å². The minimum Gasteiger partial charge on any atom is -0.391 e. The van der Waals surface area contributed by atoms with Crippen molar-refractivity contribution in [1.29, 1.82) is 0 Å². The molecule has 0 amide bonds. The highest BCUT2D eigenvalue weighted by Gasteiger charge is 2.19. The number of nitrogen functional groups attached to an aromatic ring is 1. The molecular weight excluding hydrogens is 191 g/mol. The number of hydrogen-bond donors (Lipinski definition) is 1. The number of nitrogens with zero attached hydrogens (tertiary/aromatic N) is 1. The van der Waals surface area contributed by atoms with E-state index < -0.39 is 27.9 Å². The van der Waals surface area contributed by atoms with Crippen LogP contribution in [0.3, 0.4) is 0 Å². The van der Waals surface area contributed by atoms with Gasteiger partial charge < -0.3 is 5.73 Å². The third kappa shape index (κ3) is 1.54. The molecule has 0 spiro atoms. The lowest BCUT2D eigenvalue weighted by molar-refractivity contribution is -0.384. The summed E-state index contributed by atoms with van der Waals surface area (Å²) < 4.78 is 13.2. The Morgan fingerprint density at radius 1 is 1.57 bits per heavy atom. The predicted molar refractivity (Wildman–Crippen MR) is 47.5 cm³/mol. The molecule has 2 N–H and O–H groups in total. The van der Waals surface area contributed by atoms with Crippen molar-refractivity contribution in [3.05, 3.63) is 33.6 Å². The Balaban J connectivity index is 3.41. The largest absolute Gasteiger partial charge is 0.391 e. The Labute approximate surface area is 78.5 Å². The Bertz CT molecular complexity index is 378. The first kappa shape index (κ1) is 10.1. The van der Waals surface area contributed by atoms with Gasteiger partial charge in [0.2, 0.25) is 0 Å². The van der Waals surface area contributed by atoms with Gasteiger partial charge in [0.15, 0.2) is 11.6 Å². The maximum Gasteiger partial charge on any atom is 0.295 e. The van der Waals surface area contributed by atoms with Crippen molar-refractivity contribution in [2.75, 3.05) is 5.73 Å². The summed E-state index contributed by atoms with van der Waals surface area (Å²) in [5.41, 5.74) is 3.77. The Kier molecular flexibility index (Phi) is 2.46. The standard InChI is InChI=1S/C8H7FN2O3/c1-4(12)5-2-3-6(11(13)14)8(10)7(5)9/h2-3H,10H2,1H3. The average molecular weight is 198 g/mol. The topological polar surface area (TPSA) is 86.2 Å². The van der Waals surface area contributed by atoms with Crippen LogP contribution in [0.4, 0.5) is 15.8 Å². The summed E-state index contributed by atoms with van der Waals surface area (Å²) in [4.78, 5) is 20.4. The zero-order valence-electron chi connectivity index (χ0n) is 7.28. The van der Waals surface area contributed by atoms with Crippen LogP contribution in [-0.2, 0) is 0 Å². The Hall–Kier alpha value is -1.98. The summed E-state index contributed by atoms with van der Waals surface area (Å²) in [6, 6.07) is 2.06. The minimum absolute atomic E-state index is 0.242. The normalized spacial score (nSPS) is 9.86. The van der Waals surface area contributed by atoms with Gasteiger partial charge in [-0.15, -0.1) is 0 Å². The van der Waals surface area contributed by atoms with Gasteiger partial charge in [0.05, 0.1) is 10.5 Å². The molecular formula is C8H7FN2O3. The van der Waals surface area contributed by atoms with E-state index in [2.05, 4.69) is 0 Å². The molecule has 0 heterocycles. The van der Waals surface area contributed by atoms with Gasteiger partial charge in [-0.2, -0.15) is 0 Å². The molecule has 0 aliphatic rings. The van der Waals surface area contributed by atoms with Crippen molar-refractivity contribution >= 4 is 17.2 Å². The van der Waals surface area contributed by atoms with Crippen LogP contribution < -0.4 is 5.73 Å². The number of anilines is 1. The minimum atomic E-state index is -1.04. The Morgan fingerprint density at radius 2 is 2.14 bits per heavy atom. The maximum absolute atomic E-state index is 13.2. The first-order valence-corrected chi connectivity index (χ1v) is 3.68. The second-order valence-corrected chi connectivity index (χ2v) is 2.67. The van der Waals surface area contributed by atoms with Crippen LogP contribution in [0, 0.1) is 15.9 Å². The van der Waals surface area contributed by atoms with Gasteiger partial charge in [0.1, 0.15) is 5.69 Å². The second-order valence-electron chi connectivity index (χ2n) is 2.67. The Morgan fingerprint density at radius 3 is 2.57 bits per heavy atom. The zero-order chi connectivity index (χ0) is 10.9. The van der Waals surface area contributed by atoms with Crippen LogP contribution in [0.15, 0.2) is 12.1 Å². The lowest BCUT2D eigenvalue weighted by atomic mass is 10.1. The summed E-state index contributed by atoms with van der Waals surface area (Å²) in [6.07, 6.45) is 0. The maximum atomic E-state index is 13.2. The first-order chi connectivity index (χ1) is 6.45. The van der Waals surface area contributed by atoms with Gasteiger partial charge in [-0.25, -0.2) is 4.39 Å². The monoisotopic (exact) mass is 198 g/mol. The number of carbonyl (C=O) groups is 1. The molecule has 1 aromatic rings. The number of nitro groups is 1. The lowest BCUT2D eigenvalue weighted by Gasteiger charge is -2.02. The third-order valence-electron chi connectivity index (χ3n) is 1.73. The van der Waals surface area contributed by atoms with Gasteiger partial charge in [-0.05, 0) is 13.0 Å². The molecule has 0 aromatic heterocycles. The molecule has 5 nitrogen and oxygen atoms in total. The van der Waals surface area contributed by atoms with E-state index in [1.807, 2.05) is 0 Å². The van der Waals surface area contributed by atoms with Crippen LogP contribution >= 0.6 is 0 Å². The zero-order valence-corrected chi connectivity index (χ0v) is 7.28. The summed E-state index contributed by atoms with van der Waals surface area (Å²) in [5, 5.41) is 10.3. The molecule has 1 rings (SSSR count).